The Morgan fingerprint density at radius 3 is 2.43 bits per heavy atom. The monoisotopic (exact) mass is 494 g/mol. The Morgan fingerprint density at radius 2 is 1.65 bits per heavy atom. The highest BCUT2D eigenvalue weighted by molar-refractivity contribution is 5.94. The van der Waals surface area contributed by atoms with Gasteiger partial charge in [-0.05, 0) is 49.2 Å². The van der Waals surface area contributed by atoms with E-state index in [1.165, 1.54) is 11.1 Å². The first-order valence-corrected chi connectivity index (χ1v) is 12.7. The van der Waals surface area contributed by atoms with Crippen molar-refractivity contribution in [2.75, 3.05) is 33.0 Å². The second-order valence-electron chi connectivity index (χ2n) is 9.74. The lowest BCUT2D eigenvalue weighted by molar-refractivity contribution is 0.0619. The van der Waals surface area contributed by atoms with Gasteiger partial charge in [0.15, 0.2) is 11.5 Å². The number of amides is 1. The fourth-order valence-electron chi connectivity index (χ4n) is 5.08. The number of fused-ring (bicyclic) bond motifs is 1. The van der Waals surface area contributed by atoms with Gasteiger partial charge in [0.1, 0.15) is 5.69 Å². The van der Waals surface area contributed by atoms with E-state index in [1.54, 1.807) is 0 Å². The maximum atomic E-state index is 13.8. The van der Waals surface area contributed by atoms with Gasteiger partial charge < -0.3 is 14.4 Å². The second-order valence-corrected chi connectivity index (χ2v) is 9.74. The van der Waals surface area contributed by atoms with Crippen LogP contribution in [0.3, 0.4) is 0 Å². The van der Waals surface area contributed by atoms with E-state index in [9.17, 15) is 4.79 Å². The fraction of sp³-hybridized carbons (Fsp3) is 0.267. The lowest BCUT2D eigenvalue weighted by Crippen LogP contribution is -2.48. The van der Waals surface area contributed by atoms with Crippen molar-refractivity contribution in [2.45, 2.75) is 20.4 Å². The number of hydrogen-bond donors (Lipinski definition) is 0. The summed E-state index contributed by atoms with van der Waals surface area (Å²) in [6, 6.07) is 24.3. The quantitative estimate of drug-likeness (QED) is 0.397. The first kappa shape index (κ1) is 23.3. The van der Waals surface area contributed by atoms with Crippen LogP contribution in [0.5, 0.6) is 11.5 Å². The van der Waals surface area contributed by atoms with E-state index >= 15 is 0 Å². The zero-order valence-corrected chi connectivity index (χ0v) is 21.2. The largest absolute Gasteiger partial charge is 0.454 e. The maximum absolute atomic E-state index is 13.8. The molecule has 3 aromatic carbocycles. The van der Waals surface area contributed by atoms with E-state index in [0.29, 0.717) is 18.8 Å². The van der Waals surface area contributed by atoms with Crippen LogP contribution in [0.2, 0.25) is 0 Å². The highest BCUT2D eigenvalue weighted by atomic mass is 16.7. The number of rotatable bonds is 5. The highest BCUT2D eigenvalue weighted by Gasteiger charge is 2.27. The molecule has 3 heterocycles. The van der Waals surface area contributed by atoms with Gasteiger partial charge in [0.25, 0.3) is 5.91 Å². The van der Waals surface area contributed by atoms with Crippen LogP contribution >= 0.6 is 0 Å². The smallest absolute Gasteiger partial charge is 0.272 e. The molecule has 1 aromatic heterocycles. The van der Waals surface area contributed by atoms with Crippen LogP contribution in [0.1, 0.15) is 27.2 Å². The molecular weight excluding hydrogens is 464 g/mol. The average Bonchev–Trinajstić information content (AvgIpc) is 3.57. The maximum Gasteiger partial charge on any atom is 0.272 e. The van der Waals surface area contributed by atoms with Gasteiger partial charge in [-0.2, -0.15) is 5.10 Å². The molecule has 4 aromatic rings. The molecule has 2 aliphatic rings. The number of ether oxygens (including phenoxy) is 2. The molecule has 0 atom stereocenters. The van der Waals surface area contributed by atoms with Gasteiger partial charge in [-0.25, -0.2) is 4.68 Å². The van der Waals surface area contributed by atoms with Gasteiger partial charge in [0.2, 0.25) is 6.79 Å². The second kappa shape index (κ2) is 9.75. The third-order valence-electron chi connectivity index (χ3n) is 7.08. The summed E-state index contributed by atoms with van der Waals surface area (Å²) in [7, 11) is 0. The number of carbonyl (C=O) groups is 1. The molecule has 0 saturated carbocycles. The van der Waals surface area contributed by atoms with E-state index in [2.05, 4.69) is 36.9 Å². The molecule has 7 heteroatoms. The summed E-state index contributed by atoms with van der Waals surface area (Å²) in [5.41, 5.74) is 6.77. The van der Waals surface area contributed by atoms with Gasteiger partial charge >= 0.3 is 0 Å². The molecule has 1 fully saturated rings. The summed E-state index contributed by atoms with van der Waals surface area (Å²) >= 11 is 0. The fourth-order valence-corrected chi connectivity index (χ4v) is 5.08. The number of nitrogens with zero attached hydrogens (tertiary/aromatic N) is 4. The first-order chi connectivity index (χ1) is 18.0. The van der Waals surface area contributed by atoms with Gasteiger partial charge in [-0.1, -0.05) is 54.1 Å². The summed E-state index contributed by atoms with van der Waals surface area (Å²) < 4.78 is 12.8. The van der Waals surface area contributed by atoms with Crippen LogP contribution in [-0.4, -0.2) is 58.5 Å². The van der Waals surface area contributed by atoms with E-state index in [1.807, 2.05) is 64.2 Å². The Bertz CT molecular complexity index is 1440. The van der Waals surface area contributed by atoms with Crippen molar-refractivity contribution in [2.24, 2.45) is 0 Å². The number of aryl methyl sites for hydroxylation is 2. The summed E-state index contributed by atoms with van der Waals surface area (Å²) in [6.45, 7) is 8.19. The molecule has 0 unspecified atom stereocenters. The summed E-state index contributed by atoms with van der Waals surface area (Å²) in [6.07, 6.45) is 0. The Hall–Kier alpha value is -4.10. The molecule has 6 rings (SSSR count). The molecule has 0 aliphatic carbocycles. The van der Waals surface area contributed by atoms with Gasteiger partial charge in [0, 0.05) is 38.3 Å². The molecule has 37 heavy (non-hydrogen) atoms. The topological polar surface area (TPSA) is 59.8 Å². The molecular formula is C30H30N4O3. The molecule has 2 aliphatic heterocycles. The zero-order valence-electron chi connectivity index (χ0n) is 21.2. The number of hydrogen-bond acceptors (Lipinski definition) is 5. The molecule has 0 spiro atoms. The first-order valence-electron chi connectivity index (χ1n) is 12.7. The van der Waals surface area contributed by atoms with Crippen molar-refractivity contribution in [3.8, 4) is 28.4 Å². The number of benzene rings is 3. The highest BCUT2D eigenvalue weighted by Crippen LogP contribution is 2.33. The lowest BCUT2D eigenvalue weighted by Gasteiger charge is -2.34. The Morgan fingerprint density at radius 1 is 0.865 bits per heavy atom. The standard InChI is InChI=1S/C30H30N4O3/c1-21-8-10-26(22(2)16-21)34-27(18-25(31-34)24-6-4-3-5-7-24)30(35)33-14-12-32(13-15-33)19-23-9-11-28-29(17-23)37-20-36-28/h3-11,16-18H,12-15,19-20H2,1-2H3. The van der Waals surface area contributed by atoms with Crippen LogP contribution < -0.4 is 9.47 Å². The SMILES string of the molecule is Cc1ccc(-n2nc(-c3ccccc3)cc2C(=O)N2CCN(Cc3ccc4c(c3)OCO4)CC2)c(C)c1. The van der Waals surface area contributed by atoms with Gasteiger partial charge in [-0.3, -0.25) is 9.69 Å². The van der Waals surface area contributed by atoms with Crippen LogP contribution in [0.15, 0.2) is 72.8 Å². The lowest BCUT2D eigenvalue weighted by atomic mass is 10.1. The number of aromatic nitrogens is 2. The van der Waals surface area contributed by atoms with Gasteiger partial charge in [-0.15, -0.1) is 0 Å². The van der Waals surface area contributed by atoms with Crippen LogP contribution in [-0.2, 0) is 6.54 Å². The summed E-state index contributed by atoms with van der Waals surface area (Å²) in [5, 5.41) is 4.89. The third kappa shape index (κ3) is 4.70. The van der Waals surface area contributed by atoms with E-state index in [4.69, 9.17) is 14.6 Å². The van der Waals surface area contributed by atoms with Crippen molar-refractivity contribution >= 4 is 5.91 Å². The normalized spacial score (nSPS) is 15.2. The van der Waals surface area contributed by atoms with Crippen molar-refractivity contribution < 1.29 is 14.3 Å². The Labute approximate surface area is 216 Å². The predicted molar refractivity (Wildman–Crippen MR) is 142 cm³/mol. The van der Waals surface area contributed by atoms with Crippen LogP contribution in [0, 0.1) is 13.8 Å². The van der Waals surface area contributed by atoms with Gasteiger partial charge in [0.05, 0.1) is 11.4 Å². The Kier molecular flexibility index (Phi) is 6.14. The van der Waals surface area contributed by atoms with Crippen molar-refractivity contribution in [1.82, 2.24) is 19.6 Å². The molecule has 0 N–H and O–H groups in total. The minimum Gasteiger partial charge on any atom is -0.454 e. The van der Waals surface area contributed by atoms with Crippen molar-refractivity contribution in [1.29, 1.82) is 0 Å². The third-order valence-corrected chi connectivity index (χ3v) is 7.08. The molecule has 1 saturated heterocycles. The average molecular weight is 495 g/mol. The summed E-state index contributed by atoms with van der Waals surface area (Å²) in [5.74, 6) is 1.62. The zero-order chi connectivity index (χ0) is 25.4. The molecule has 1 amide bonds. The van der Waals surface area contributed by atoms with Crippen molar-refractivity contribution in [3.63, 3.8) is 0 Å². The van der Waals surface area contributed by atoms with E-state index < -0.39 is 0 Å². The van der Waals surface area contributed by atoms with E-state index in [0.717, 1.165) is 53.6 Å². The van der Waals surface area contributed by atoms with Crippen LogP contribution in [0.25, 0.3) is 16.9 Å². The molecule has 0 radical (unpaired) electrons. The molecule has 188 valence electrons. The minimum absolute atomic E-state index is 0.0115. The number of piperazine rings is 1. The van der Waals surface area contributed by atoms with E-state index in [-0.39, 0.29) is 12.7 Å². The van der Waals surface area contributed by atoms with Crippen molar-refractivity contribution in [3.05, 3.63) is 95.2 Å². The predicted octanol–water partition coefficient (Wildman–Crippen LogP) is 4.84. The van der Waals surface area contributed by atoms with Crippen LogP contribution in [0.4, 0.5) is 0 Å². The number of carbonyl (C=O) groups excluding carboxylic acids is 1. The summed E-state index contributed by atoms with van der Waals surface area (Å²) in [4.78, 5) is 18.1. The molecule has 7 nitrogen and oxygen atoms in total. The molecule has 0 bridgehead atoms. The minimum atomic E-state index is 0.0115. The Balaban J connectivity index is 1.22.